The molecule has 3 aliphatic rings. The van der Waals surface area contributed by atoms with E-state index in [1.165, 1.54) is 31.2 Å². The molecule has 1 saturated carbocycles. The predicted molar refractivity (Wildman–Crippen MR) is 71.8 cm³/mol. The average Bonchev–Trinajstić information content (AvgIpc) is 2.41. The van der Waals surface area contributed by atoms with Gasteiger partial charge in [-0.15, -0.1) is 0 Å². The van der Waals surface area contributed by atoms with Gasteiger partial charge < -0.3 is 10.4 Å². The molecule has 2 fully saturated rings. The molecule has 1 aromatic carbocycles. The van der Waals surface area contributed by atoms with Crippen LogP contribution in [0.3, 0.4) is 0 Å². The molecule has 1 aromatic rings. The second-order valence-corrected chi connectivity index (χ2v) is 6.48. The summed E-state index contributed by atoms with van der Waals surface area (Å²) in [5.41, 5.74) is 2.56. The molecule has 3 heteroatoms. The lowest BCUT2D eigenvalue weighted by molar-refractivity contribution is 0.0793. The van der Waals surface area contributed by atoms with Gasteiger partial charge in [0, 0.05) is 11.5 Å². The van der Waals surface area contributed by atoms with E-state index in [0.717, 1.165) is 24.9 Å². The number of rotatable bonds is 0. The normalized spacial score (nSPS) is 36.5. The minimum absolute atomic E-state index is 0.172. The molecule has 3 atom stereocenters. The van der Waals surface area contributed by atoms with Crippen molar-refractivity contribution in [1.29, 1.82) is 0 Å². The monoisotopic (exact) mass is 261 g/mol. The Balaban J connectivity index is 1.92. The summed E-state index contributed by atoms with van der Waals surface area (Å²) >= 11 is 0. The van der Waals surface area contributed by atoms with E-state index < -0.39 is 5.82 Å². The van der Waals surface area contributed by atoms with Crippen molar-refractivity contribution in [3.8, 4) is 5.75 Å². The molecule has 0 unspecified atom stereocenters. The van der Waals surface area contributed by atoms with Crippen molar-refractivity contribution in [2.75, 3.05) is 6.54 Å². The number of benzene rings is 1. The molecule has 2 bridgehead atoms. The highest BCUT2D eigenvalue weighted by Gasteiger charge is 2.51. The Morgan fingerprint density at radius 1 is 1.26 bits per heavy atom. The van der Waals surface area contributed by atoms with E-state index in [4.69, 9.17) is 0 Å². The van der Waals surface area contributed by atoms with Crippen LogP contribution in [-0.4, -0.2) is 17.7 Å². The van der Waals surface area contributed by atoms with Crippen LogP contribution in [0.5, 0.6) is 5.75 Å². The quantitative estimate of drug-likeness (QED) is 0.752. The van der Waals surface area contributed by atoms with Gasteiger partial charge in [-0.25, -0.2) is 4.39 Å². The van der Waals surface area contributed by atoms with Crippen molar-refractivity contribution >= 4 is 0 Å². The van der Waals surface area contributed by atoms with Gasteiger partial charge in [0.1, 0.15) is 0 Å². The smallest absolute Gasteiger partial charge is 0.165 e. The van der Waals surface area contributed by atoms with E-state index in [0.29, 0.717) is 12.0 Å². The fourth-order valence-electron chi connectivity index (χ4n) is 4.94. The lowest BCUT2D eigenvalue weighted by Crippen LogP contribution is -2.59. The maximum atomic E-state index is 13.6. The number of halogens is 1. The van der Waals surface area contributed by atoms with Gasteiger partial charge in [0.2, 0.25) is 0 Å². The summed E-state index contributed by atoms with van der Waals surface area (Å²) in [5.74, 6) is 0.0317. The Morgan fingerprint density at radius 3 is 3.05 bits per heavy atom. The number of aromatic hydroxyl groups is 1. The van der Waals surface area contributed by atoms with Gasteiger partial charge >= 0.3 is 0 Å². The highest BCUT2D eigenvalue weighted by atomic mass is 19.1. The van der Waals surface area contributed by atoms with Gasteiger partial charge in [-0.3, -0.25) is 0 Å². The molecule has 102 valence electrons. The summed E-state index contributed by atoms with van der Waals surface area (Å²) in [5, 5.41) is 13.4. The van der Waals surface area contributed by atoms with Crippen molar-refractivity contribution < 1.29 is 9.50 Å². The molecule has 2 N–H and O–H groups in total. The van der Waals surface area contributed by atoms with Crippen molar-refractivity contribution in [1.82, 2.24) is 5.32 Å². The number of piperidine rings is 1. The Labute approximate surface area is 113 Å². The lowest BCUT2D eigenvalue weighted by Gasteiger charge is -2.56. The Morgan fingerprint density at radius 2 is 2.16 bits per heavy atom. The third-order valence-corrected chi connectivity index (χ3v) is 5.71. The molecule has 0 spiro atoms. The first-order valence-corrected chi connectivity index (χ1v) is 7.46. The fraction of sp³-hybridized carbons (Fsp3) is 0.625. The summed E-state index contributed by atoms with van der Waals surface area (Å²) in [6.07, 6.45) is 7.10. The molecule has 1 aliphatic heterocycles. The highest BCUT2D eigenvalue weighted by Crippen LogP contribution is 2.54. The zero-order valence-electron chi connectivity index (χ0n) is 11.1. The number of phenols is 1. The zero-order chi connectivity index (χ0) is 13.0. The fourth-order valence-corrected chi connectivity index (χ4v) is 4.94. The predicted octanol–water partition coefficient (Wildman–Crippen LogP) is 2.88. The van der Waals surface area contributed by atoms with Crippen LogP contribution in [0.25, 0.3) is 0 Å². The molecule has 2 nitrogen and oxygen atoms in total. The molecule has 2 aliphatic carbocycles. The molecule has 1 heterocycles. The SMILES string of the molecule is Oc1cc2c(cc1F)C[C@@H]1NCC[C@]23CCCC[C@H]13. The number of nitrogens with one attached hydrogen (secondary N) is 1. The number of fused-ring (bicyclic) bond motifs is 1. The summed E-state index contributed by atoms with van der Waals surface area (Å²) in [6.45, 7) is 1.05. The van der Waals surface area contributed by atoms with E-state index in [2.05, 4.69) is 5.32 Å². The zero-order valence-corrected chi connectivity index (χ0v) is 11.1. The lowest BCUT2D eigenvalue weighted by atomic mass is 9.53. The first kappa shape index (κ1) is 11.7. The van der Waals surface area contributed by atoms with Crippen LogP contribution in [0.1, 0.15) is 43.2 Å². The van der Waals surface area contributed by atoms with Crippen molar-refractivity contribution in [3.63, 3.8) is 0 Å². The van der Waals surface area contributed by atoms with E-state index >= 15 is 0 Å². The van der Waals surface area contributed by atoms with Crippen LogP contribution in [0.2, 0.25) is 0 Å². The Bertz CT molecular complexity index is 526. The van der Waals surface area contributed by atoms with Crippen molar-refractivity contribution in [2.24, 2.45) is 5.92 Å². The van der Waals surface area contributed by atoms with Crippen LogP contribution in [0.15, 0.2) is 12.1 Å². The molecule has 1 saturated heterocycles. The number of hydrogen-bond donors (Lipinski definition) is 2. The molecule has 0 radical (unpaired) electrons. The first-order chi connectivity index (χ1) is 9.21. The summed E-state index contributed by atoms with van der Waals surface area (Å²) < 4.78 is 13.6. The van der Waals surface area contributed by atoms with Crippen molar-refractivity contribution in [3.05, 3.63) is 29.1 Å². The standard InChI is InChI=1S/C16H20FNO/c17-13-7-10-8-14-11-3-1-2-4-16(11,5-6-18-14)12(10)9-15(13)19/h7,9,11,14,18-19H,1-6,8H2/t11-,14+,16+/m1/s1. The average molecular weight is 261 g/mol. The summed E-state index contributed by atoms with van der Waals surface area (Å²) in [6, 6.07) is 3.80. The second-order valence-electron chi connectivity index (χ2n) is 6.48. The minimum atomic E-state index is -0.470. The van der Waals surface area contributed by atoms with Crippen LogP contribution in [-0.2, 0) is 11.8 Å². The third-order valence-electron chi connectivity index (χ3n) is 5.71. The molecular weight excluding hydrogens is 241 g/mol. The number of phenolic OH excluding ortho intramolecular Hbond substituents is 1. The van der Waals surface area contributed by atoms with E-state index in [1.807, 2.05) is 0 Å². The van der Waals surface area contributed by atoms with E-state index in [1.54, 1.807) is 12.1 Å². The van der Waals surface area contributed by atoms with Crippen LogP contribution in [0, 0.1) is 11.7 Å². The van der Waals surface area contributed by atoms with E-state index in [9.17, 15) is 9.50 Å². The summed E-state index contributed by atoms with van der Waals surface area (Å²) in [4.78, 5) is 0. The highest BCUT2D eigenvalue weighted by molar-refractivity contribution is 5.45. The molecule has 4 rings (SSSR count). The van der Waals surface area contributed by atoms with Gasteiger partial charge in [0.25, 0.3) is 0 Å². The van der Waals surface area contributed by atoms with Gasteiger partial charge in [-0.05, 0) is 61.4 Å². The maximum Gasteiger partial charge on any atom is 0.165 e. The minimum Gasteiger partial charge on any atom is -0.505 e. The van der Waals surface area contributed by atoms with Crippen LogP contribution < -0.4 is 5.32 Å². The molecule has 0 amide bonds. The number of hydrogen-bond acceptors (Lipinski definition) is 2. The molecule has 19 heavy (non-hydrogen) atoms. The van der Waals surface area contributed by atoms with Gasteiger partial charge in [0.05, 0.1) is 0 Å². The van der Waals surface area contributed by atoms with Gasteiger partial charge in [0.15, 0.2) is 11.6 Å². The maximum absolute atomic E-state index is 13.6. The van der Waals surface area contributed by atoms with Gasteiger partial charge in [-0.1, -0.05) is 12.8 Å². The molecule has 0 aromatic heterocycles. The second kappa shape index (κ2) is 3.95. The van der Waals surface area contributed by atoms with Crippen molar-refractivity contribution in [2.45, 2.75) is 50.0 Å². The van der Waals surface area contributed by atoms with Gasteiger partial charge in [-0.2, -0.15) is 0 Å². The molecular formula is C16H20FNO. The topological polar surface area (TPSA) is 32.3 Å². The Hall–Kier alpha value is -1.09. The largest absolute Gasteiger partial charge is 0.505 e. The first-order valence-electron chi connectivity index (χ1n) is 7.46. The van der Waals surface area contributed by atoms with Crippen LogP contribution in [0.4, 0.5) is 4.39 Å². The third kappa shape index (κ3) is 1.51. The summed E-state index contributed by atoms with van der Waals surface area (Å²) in [7, 11) is 0. The Kier molecular flexibility index (Phi) is 2.44. The van der Waals surface area contributed by atoms with E-state index in [-0.39, 0.29) is 11.2 Å². The van der Waals surface area contributed by atoms with Crippen LogP contribution >= 0.6 is 0 Å².